The lowest BCUT2D eigenvalue weighted by Crippen LogP contribution is -2.29. The standard InChI is InChI=1S/C26H22ClNO5/c1-32-20-11-7-6-10-17(20)15-28-23(16-8-4-3-5-9-16)22(25(30)26(28)31)24(29)19-14-18(27)12-13-21(19)33-2/h3-14,23,29H,15H2,1-2H3/b24-22+. The summed E-state index contributed by atoms with van der Waals surface area (Å²) in [5.41, 5.74) is 1.64. The SMILES string of the molecule is COc1ccccc1CN1C(=O)C(=O)/C(=C(/O)c2cc(Cl)ccc2OC)C1c1ccccc1. The van der Waals surface area contributed by atoms with Gasteiger partial charge in [-0.25, -0.2) is 0 Å². The molecule has 0 radical (unpaired) electrons. The van der Waals surface area contributed by atoms with E-state index in [1.165, 1.54) is 18.1 Å². The van der Waals surface area contributed by atoms with Gasteiger partial charge in [0.1, 0.15) is 17.3 Å². The Labute approximate surface area is 196 Å². The zero-order chi connectivity index (χ0) is 23.5. The quantitative estimate of drug-likeness (QED) is 0.317. The maximum atomic E-state index is 13.2. The minimum atomic E-state index is -0.806. The Balaban J connectivity index is 1.90. The molecule has 1 unspecified atom stereocenters. The second-order valence-corrected chi connectivity index (χ2v) is 7.93. The number of hydrogen-bond donors (Lipinski definition) is 1. The Hall–Kier alpha value is -3.77. The highest BCUT2D eigenvalue weighted by molar-refractivity contribution is 6.46. The average Bonchev–Trinajstić information content (AvgIpc) is 3.09. The topological polar surface area (TPSA) is 76.1 Å². The normalized spacial score (nSPS) is 17.3. The summed E-state index contributed by atoms with van der Waals surface area (Å²) in [7, 11) is 3.00. The van der Waals surface area contributed by atoms with Crippen molar-refractivity contribution in [2.24, 2.45) is 0 Å². The fourth-order valence-corrected chi connectivity index (χ4v) is 4.22. The number of likely N-dealkylation sites (tertiary alicyclic amines) is 1. The number of nitrogens with zero attached hydrogens (tertiary/aromatic N) is 1. The Morgan fingerprint density at radius 2 is 1.61 bits per heavy atom. The lowest BCUT2D eigenvalue weighted by molar-refractivity contribution is -0.140. The molecule has 1 amide bonds. The van der Waals surface area contributed by atoms with Crippen molar-refractivity contribution < 1.29 is 24.2 Å². The molecule has 33 heavy (non-hydrogen) atoms. The summed E-state index contributed by atoms with van der Waals surface area (Å²) in [5, 5.41) is 11.6. The molecule has 0 aromatic heterocycles. The molecular weight excluding hydrogens is 442 g/mol. The van der Waals surface area contributed by atoms with Crippen LogP contribution in [0.3, 0.4) is 0 Å². The van der Waals surface area contributed by atoms with Crippen LogP contribution in [-0.2, 0) is 16.1 Å². The zero-order valence-corrected chi connectivity index (χ0v) is 18.9. The summed E-state index contributed by atoms with van der Waals surface area (Å²) in [5.74, 6) is -0.901. The van der Waals surface area contributed by atoms with Crippen LogP contribution in [0.1, 0.15) is 22.7 Å². The Bertz CT molecular complexity index is 1240. The fourth-order valence-electron chi connectivity index (χ4n) is 4.05. The van der Waals surface area contributed by atoms with Crippen molar-refractivity contribution in [1.82, 2.24) is 4.90 Å². The summed E-state index contributed by atoms with van der Waals surface area (Å²) >= 11 is 6.15. The van der Waals surface area contributed by atoms with Crippen LogP contribution in [0.15, 0.2) is 78.4 Å². The van der Waals surface area contributed by atoms with Crippen LogP contribution in [0.5, 0.6) is 11.5 Å². The van der Waals surface area contributed by atoms with Crippen LogP contribution in [-0.4, -0.2) is 35.9 Å². The molecule has 1 saturated heterocycles. The number of benzene rings is 3. The second kappa shape index (κ2) is 9.38. The molecule has 1 aliphatic rings. The highest BCUT2D eigenvalue weighted by Gasteiger charge is 2.46. The number of methoxy groups -OCH3 is 2. The number of aliphatic hydroxyl groups is 1. The molecule has 7 heteroatoms. The molecule has 0 saturated carbocycles. The largest absolute Gasteiger partial charge is 0.507 e. The summed E-state index contributed by atoms with van der Waals surface area (Å²) in [6.07, 6.45) is 0. The van der Waals surface area contributed by atoms with Gasteiger partial charge in [0.15, 0.2) is 0 Å². The third-order valence-corrected chi connectivity index (χ3v) is 5.84. The first-order chi connectivity index (χ1) is 16.0. The lowest BCUT2D eigenvalue weighted by atomic mass is 9.95. The molecular formula is C26H22ClNO5. The summed E-state index contributed by atoms with van der Waals surface area (Å²) in [4.78, 5) is 27.9. The molecule has 0 bridgehead atoms. The number of para-hydroxylation sites is 1. The molecule has 0 aliphatic carbocycles. The first kappa shape index (κ1) is 22.4. The number of rotatable bonds is 6. The third kappa shape index (κ3) is 4.17. The van der Waals surface area contributed by atoms with E-state index < -0.39 is 17.7 Å². The maximum absolute atomic E-state index is 13.2. The minimum absolute atomic E-state index is 0.0262. The molecule has 168 valence electrons. The molecule has 4 rings (SSSR count). The zero-order valence-electron chi connectivity index (χ0n) is 18.1. The molecule has 1 aliphatic heterocycles. The number of ketones is 1. The third-order valence-electron chi connectivity index (χ3n) is 5.61. The number of carbonyl (C=O) groups excluding carboxylic acids is 2. The van der Waals surface area contributed by atoms with E-state index in [0.717, 1.165) is 5.56 Å². The number of amides is 1. The van der Waals surface area contributed by atoms with Crippen molar-refractivity contribution in [2.75, 3.05) is 14.2 Å². The number of ether oxygens (including phenoxy) is 2. The van der Waals surface area contributed by atoms with E-state index in [1.807, 2.05) is 48.5 Å². The molecule has 1 heterocycles. The van der Waals surface area contributed by atoms with Gasteiger partial charge in [0.05, 0.1) is 37.9 Å². The van der Waals surface area contributed by atoms with Gasteiger partial charge in [-0.3, -0.25) is 9.59 Å². The van der Waals surface area contributed by atoms with E-state index in [1.54, 1.807) is 25.3 Å². The average molecular weight is 464 g/mol. The smallest absolute Gasteiger partial charge is 0.295 e. The number of aliphatic hydroxyl groups excluding tert-OH is 1. The monoisotopic (exact) mass is 463 g/mol. The van der Waals surface area contributed by atoms with Crippen molar-refractivity contribution >= 4 is 29.1 Å². The van der Waals surface area contributed by atoms with Crippen molar-refractivity contribution in [3.8, 4) is 11.5 Å². The highest BCUT2D eigenvalue weighted by atomic mass is 35.5. The van der Waals surface area contributed by atoms with Crippen LogP contribution in [0.4, 0.5) is 0 Å². The highest BCUT2D eigenvalue weighted by Crippen LogP contribution is 2.42. The minimum Gasteiger partial charge on any atom is -0.507 e. The van der Waals surface area contributed by atoms with Gasteiger partial charge in [-0.1, -0.05) is 60.1 Å². The van der Waals surface area contributed by atoms with E-state index in [9.17, 15) is 14.7 Å². The molecule has 0 spiro atoms. The lowest BCUT2D eigenvalue weighted by Gasteiger charge is -2.26. The van der Waals surface area contributed by atoms with Crippen LogP contribution < -0.4 is 9.47 Å². The van der Waals surface area contributed by atoms with Gasteiger partial charge < -0.3 is 19.5 Å². The molecule has 1 fully saturated rings. The predicted octanol–water partition coefficient (Wildman–Crippen LogP) is 4.98. The maximum Gasteiger partial charge on any atom is 0.295 e. The van der Waals surface area contributed by atoms with Crippen molar-refractivity contribution in [1.29, 1.82) is 0 Å². The van der Waals surface area contributed by atoms with Gasteiger partial charge in [-0.15, -0.1) is 0 Å². The number of halogens is 1. The molecule has 1 atom stereocenters. The van der Waals surface area contributed by atoms with Gasteiger partial charge >= 0.3 is 0 Å². The molecule has 3 aromatic carbocycles. The van der Waals surface area contributed by atoms with Crippen molar-refractivity contribution in [3.63, 3.8) is 0 Å². The van der Waals surface area contributed by atoms with Crippen LogP contribution in [0.2, 0.25) is 5.02 Å². The Morgan fingerprint density at radius 3 is 2.30 bits per heavy atom. The second-order valence-electron chi connectivity index (χ2n) is 7.49. The number of carbonyl (C=O) groups is 2. The Morgan fingerprint density at radius 1 is 0.939 bits per heavy atom. The number of Topliss-reactive ketones (excluding diaryl/α,β-unsaturated/α-hetero) is 1. The summed E-state index contributed by atoms with van der Waals surface area (Å²) in [6.45, 7) is 0.123. The molecule has 1 N–H and O–H groups in total. The van der Waals surface area contributed by atoms with Crippen molar-refractivity contribution in [2.45, 2.75) is 12.6 Å². The van der Waals surface area contributed by atoms with Crippen molar-refractivity contribution in [3.05, 3.63) is 100 Å². The molecule has 3 aromatic rings. The van der Waals surface area contributed by atoms with E-state index in [0.29, 0.717) is 22.1 Å². The van der Waals surface area contributed by atoms with Crippen LogP contribution in [0.25, 0.3) is 5.76 Å². The first-order valence-corrected chi connectivity index (χ1v) is 10.6. The van der Waals surface area contributed by atoms with E-state index in [4.69, 9.17) is 21.1 Å². The fraction of sp³-hybridized carbons (Fsp3) is 0.154. The van der Waals surface area contributed by atoms with E-state index >= 15 is 0 Å². The van der Waals surface area contributed by atoms with Gasteiger partial charge in [0, 0.05) is 10.6 Å². The van der Waals surface area contributed by atoms with Crippen LogP contribution >= 0.6 is 11.6 Å². The summed E-state index contributed by atoms with van der Waals surface area (Å²) in [6, 6.07) is 20.3. The van der Waals surface area contributed by atoms with E-state index in [-0.39, 0.29) is 23.4 Å². The predicted molar refractivity (Wildman–Crippen MR) is 125 cm³/mol. The molecule has 6 nitrogen and oxygen atoms in total. The van der Waals surface area contributed by atoms with E-state index in [2.05, 4.69) is 0 Å². The Kier molecular flexibility index (Phi) is 6.38. The van der Waals surface area contributed by atoms with Gasteiger partial charge in [-0.05, 0) is 29.8 Å². The first-order valence-electron chi connectivity index (χ1n) is 10.3. The van der Waals surface area contributed by atoms with Crippen LogP contribution in [0, 0.1) is 0 Å². The van der Waals surface area contributed by atoms with Gasteiger partial charge in [0.2, 0.25) is 0 Å². The van der Waals surface area contributed by atoms with Gasteiger partial charge in [0.25, 0.3) is 11.7 Å². The summed E-state index contributed by atoms with van der Waals surface area (Å²) < 4.78 is 10.8. The number of hydrogen-bond acceptors (Lipinski definition) is 5. The van der Waals surface area contributed by atoms with Gasteiger partial charge in [-0.2, -0.15) is 0 Å².